The number of anilines is 1. The third kappa shape index (κ3) is 4.60. The van der Waals surface area contributed by atoms with Gasteiger partial charge < -0.3 is 21.1 Å². The fraction of sp³-hybridized carbons (Fsp3) is 0.481. The summed E-state index contributed by atoms with van der Waals surface area (Å²) >= 11 is 12.4. The Morgan fingerprint density at radius 2 is 1.82 bits per heavy atom. The highest BCUT2D eigenvalue weighted by Crippen LogP contribution is 2.63. The Balaban J connectivity index is 1.68. The topological polar surface area (TPSA) is 102 Å². The molecule has 0 radical (unpaired) electrons. The Morgan fingerprint density at radius 1 is 1.08 bits per heavy atom. The van der Waals surface area contributed by atoms with Crippen molar-refractivity contribution in [2.75, 3.05) is 31.6 Å². The van der Waals surface area contributed by atoms with Crippen molar-refractivity contribution in [2.24, 2.45) is 0 Å². The van der Waals surface area contributed by atoms with Gasteiger partial charge in [-0.3, -0.25) is 14.9 Å². The van der Waals surface area contributed by atoms with Crippen LogP contribution >= 0.6 is 23.2 Å². The van der Waals surface area contributed by atoms with Crippen molar-refractivity contribution in [3.05, 3.63) is 63.4 Å². The second-order valence-electron chi connectivity index (χ2n) is 10.4. The number of aliphatic hydroxyl groups is 1. The van der Waals surface area contributed by atoms with Crippen molar-refractivity contribution in [3.63, 3.8) is 0 Å². The Labute approximate surface area is 233 Å². The minimum absolute atomic E-state index is 0.0423. The number of fused-ring (bicyclic) bond motifs is 3. The first-order valence-corrected chi connectivity index (χ1v) is 13.6. The summed E-state index contributed by atoms with van der Waals surface area (Å²) in [4.78, 5) is 27.9. The first-order chi connectivity index (χ1) is 18.6. The van der Waals surface area contributed by atoms with Gasteiger partial charge in [0.25, 0.3) is 0 Å². The van der Waals surface area contributed by atoms with Crippen molar-refractivity contribution >= 4 is 40.7 Å². The van der Waals surface area contributed by atoms with Crippen molar-refractivity contribution < 1.29 is 27.9 Å². The van der Waals surface area contributed by atoms with E-state index in [1.807, 2.05) is 0 Å². The van der Waals surface area contributed by atoms with E-state index in [1.54, 1.807) is 18.2 Å². The molecule has 3 aliphatic rings. The number of aliphatic hydroxyl groups excluding tert-OH is 1. The third-order valence-corrected chi connectivity index (χ3v) is 8.85. The second-order valence-corrected chi connectivity index (χ2v) is 11.2. The van der Waals surface area contributed by atoms with Crippen LogP contribution in [0.5, 0.6) is 0 Å². The molecular formula is C27H29Cl2F3N4O3. The number of benzene rings is 2. The van der Waals surface area contributed by atoms with Gasteiger partial charge in [-0.2, -0.15) is 0 Å². The SMILES string of the molecule is O=C(NCCNCCO)[C@@H]1NC2(CCC(F)(F)CC2)[C@@]2(C(=O)Nc3cc(Cl)ccc32)[C@H]1c1cccc(Cl)c1F. The molecule has 2 aromatic rings. The van der Waals surface area contributed by atoms with Gasteiger partial charge in [-0.05, 0) is 42.2 Å². The van der Waals surface area contributed by atoms with Crippen LogP contribution in [-0.4, -0.2) is 60.7 Å². The third-order valence-electron chi connectivity index (χ3n) is 8.32. The monoisotopic (exact) mass is 584 g/mol. The molecule has 2 spiro atoms. The molecular weight excluding hydrogens is 556 g/mol. The summed E-state index contributed by atoms with van der Waals surface area (Å²) in [5.74, 6) is -5.84. The van der Waals surface area contributed by atoms with E-state index in [0.717, 1.165) is 0 Å². The first kappa shape index (κ1) is 28.2. The summed E-state index contributed by atoms with van der Waals surface area (Å²) in [7, 11) is 0. The molecule has 0 bridgehead atoms. The molecule has 210 valence electrons. The molecule has 2 fully saturated rings. The fourth-order valence-electron chi connectivity index (χ4n) is 6.69. The van der Waals surface area contributed by atoms with Gasteiger partial charge in [0.15, 0.2) is 0 Å². The number of nitrogens with one attached hydrogen (secondary N) is 4. The van der Waals surface area contributed by atoms with Crippen LogP contribution in [-0.2, 0) is 15.0 Å². The molecule has 1 saturated heterocycles. The van der Waals surface area contributed by atoms with Gasteiger partial charge in [0.05, 0.1) is 17.7 Å². The highest BCUT2D eigenvalue weighted by molar-refractivity contribution is 6.31. The predicted octanol–water partition coefficient (Wildman–Crippen LogP) is 3.72. The minimum Gasteiger partial charge on any atom is -0.395 e. The van der Waals surface area contributed by atoms with E-state index >= 15 is 4.39 Å². The first-order valence-electron chi connectivity index (χ1n) is 12.9. The average Bonchev–Trinajstić information content (AvgIpc) is 3.35. The Hall–Kier alpha value is -2.37. The maximum Gasteiger partial charge on any atom is 0.248 e. The van der Waals surface area contributed by atoms with Crippen molar-refractivity contribution in [1.82, 2.24) is 16.0 Å². The summed E-state index contributed by atoms with van der Waals surface area (Å²) in [5, 5.41) is 21.1. The van der Waals surface area contributed by atoms with E-state index in [0.29, 0.717) is 29.4 Å². The molecule has 0 unspecified atom stereocenters. The number of hydrogen-bond donors (Lipinski definition) is 5. The largest absolute Gasteiger partial charge is 0.395 e. The molecule has 5 rings (SSSR count). The molecule has 1 aliphatic carbocycles. The number of halogens is 5. The molecule has 2 amide bonds. The zero-order chi connectivity index (χ0) is 28.0. The molecule has 5 N–H and O–H groups in total. The van der Waals surface area contributed by atoms with Crippen LogP contribution in [0.15, 0.2) is 36.4 Å². The highest BCUT2D eigenvalue weighted by Gasteiger charge is 2.73. The van der Waals surface area contributed by atoms with Crippen LogP contribution in [0.3, 0.4) is 0 Å². The van der Waals surface area contributed by atoms with Crippen molar-refractivity contribution in [2.45, 2.75) is 54.5 Å². The number of carbonyl (C=O) groups is 2. The maximum atomic E-state index is 15.8. The molecule has 3 atom stereocenters. The number of hydrogen-bond acceptors (Lipinski definition) is 5. The van der Waals surface area contributed by atoms with Crippen molar-refractivity contribution in [1.29, 1.82) is 0 Å². The lowest BCUT2D eigenvalue weighted by Crippen LogP contribution is -2.62. The number of carbonyl (C=O) groups excluding carboxylic acids is 2. The van der Waals surface area contributed by atoms with E-state index in [1.165, 1.54) is 18.2 Å². The molecule has 2 aromatic carbocycles. The Kier molecular flexibility index (Phi) is 7.62. The van der Waals surface area contributed by atoms with Crippen LogP contribution in [0.4, 0.5) is 18.9 Å². The fourth-order valence-corrected chi connectivity index (χ4v) is 7.05. The van der Waals surface area contributed by atoms with Gasteiger partial charge in [-0.25, -0.2) is 13.2 Å². The molecule has 7 nitrogen and oxygen atoms in total. The van der Waals surface area contributed by atoms with E-state index in [2.05, 4.69) is 21.3 Å². The standard InChI is InChI=1S/C27H29Cl2F3N4O3/c28-15-4-5-17-19(14-15)35-24(39)27(17)20(16-2-1-3-18(29)21(16)30)22(23(38)34-11-10-33-12-13-37)36-25(27)6-8-26(31,32)9-7-25/h1-5,14,20,22,33,36-37H,6-13H2,(H,34,38)(H,35,39)/t20-,22+,27+/m0/s1. The van der Waals surface area contributed by atoms with Gasteiger partial charge in [0.2, 0.25) is 17.7 Å². The molecule has 39 heavy (non-hydrogen) atoms. The summed E-state index contributed by atoms with van der Waals surface area (Å²) in [6.45, 7) is 0.827. The normalized spacial score (nSPS) is 26.6. The summed E-state index contributed by atoms with van der Waals surface area (Å²) in [6.07, 6.45) is -1.23. The molecule has 12 heteroatoms. The Bertz CT molecular complexity index is 1290. The summed E-state index contributed by atoms with van der Waals surface area (Å²) < 4.78 is 44.8. The second kappa shape index (κ2) is 10.6. The van der Waals surface area contributed by atoms with Crippen LogP contribution in [0.2, 0.25) is 10.0 Å². The lowest BCUT2D eigenvalue weighted by molar-refractivity contribution is -0.126. The van der Waals surface area contributed by atoms with E-state index in [-0.39, 0.29) is 36.6 Å². The molecule has 2 aliphatic heterocycles. The number of rotatable bonds is 7. The highest BCUT2D eigenvalue weighted by atomic mass is 35.5. The zero-order valence-electron chi connectivity index (χ0n) is 20.9. The number of alkyl halides is 2. The van der Waals surface area contributed by atoms with Gasteiger partial charge in [-0.15, -0.1) is 0 Å². The minimum atomic E-state index is -2.93. The quantitative estimate of drug-likeness (QED) is 0.319. The van der Waals surface area contributed by atoms with Crippen LogP contribution in [0.1, 0.15) is 42.7 Å². The zero-order valence-corrected chi connectivity index (χ0v) is 22.4. The van der Waals surface area contributed by atoms with Crippen molar-refractivity contribution in [3.8, 4) is 0 Å². The van der Waals surface area contributed by atoms with Gasteiger partial charge >= 0.3 is 0 Å². The van der Waals surface area contributed by atoms with Gasteiger partial charge in [0.1, 0.15) is 11.2 Å². The van der Waals surface area contributed by atoms with E-state index < -0.39 is 59.3 Å². The molecule has 0 aromatic heterocycles. The average molecular weight is 585 g/mol. The van der Waals surface area contributed by atoms with Gasteiger partial charge in [0, 0.05) is 54.6 Å². The maximum absolute atomic E-state index is 15.8. The Morgan fingerprint density at radius 3 is 2.54 bits per heavy atom. The van der Waals surface area contributed by atoms with Crippen LogP contribution in [0, 0.1) is 5.82 Å². The smallest absolute Gasteiger partial charge is 0.248 e. The van der Waals surface area contributed by atoms with Crippen LogP contribution < -0.4 is 21.3 Å². The summed E-state index contributed by atoms with van der Waals surface area (Å²) in [5.41, 5.74) is -1.98. The molecule has 1 saturated carbocycles. The molecule has 2 heterocycles. The number of amides is 2. The van der Waals surface area contributed by atoms with Crippen LogP contribution in [0.25, 0.3) is 0 Å². The van der Waals surface area contributed by atoms with Gasteiger partial charge in [-0.1, -0.05) is 41.4 Å². The summed E-state index contributed by atoms with van der Waals surface area (Å²) in [6, 6.07) is 8.07. The lowest BCUT2D eigenvalue weighted by Gasteiger charge is -2.48. The van der Waals surface area contributed by atoms with E-state index in [4.69, 9.17) is 28.3 Å². The predicted molar refractivity (Wildman–Crippen MR) is 142 cm³/mol. The lowest BCUT2D eigenvalue weighted by atomic mass is 9.55. The van der Waals surface area contributed by atoms with E-state index in [9.17, 15) is 18.4 Å².